The maximum atomic E-state index is 12.7. The van der Waals surface area contributed by atoms with Gasteiger partial charge in [0.2, 0.25) is 5.91 Å². The Morgan fingerprint density at radius 2 is 1.62 bits per heavy atom. The third-order valence-electron chi connectivity index (χ3n) is 3.96. The Morgan fingerprint density at radius 1 is 1.00 bits per heavy atom. The SMILES string of the molecule is O=C(Cn1c2ccccc2c(=O)c2ccccc21)Nc1ccn[nH]1. The Bertz CT molecular complexity index is 1040. The lowest BCUT2D eigenvalue weighted by atomic mass is 10.1. The number of hydrogen-bond acceptors (Lipinski definition) is 3. The Labute approximate surface area is 136 Å². The highest BCUT2D eigenvalue weighted by molar-refractivity contribution is 5.96. The first-order valence-corrected chi connectivity index (χ1v) is 7.53. The zero-order chi connectivity index (χ0) is 16.5. The number of pyridine rings is 1. The number of nitrogens with zero attached hydrogens (tertiary/aromatic N) is 2. The van der Waals surface area contributed by atoms with Crippen molar-refractivity contribution in [2.45, 2.75) is 6.54 Å². The van der Waals surface area contributed by atoms with Gasteiger partial charge in [-0.25, -0.2) is 0 Å². The number of aromatic amines is 1. The van der Waals surface area contributed by atoms with Gasteiger partial charge in [-0.05, 0) is 24.3 Å². The van der Waals surface area contributed by atoms with Crippen LogP contribution < -0.4 is 10.7 Å². The van der Waals surface area contributed by atoms with Gasteiger partial charge in [-0.3, -0.25) is 14.7 Å². The molecular formula is C18H14N4O2. The summed E-state index contributed by atoms with van der Waals surface area (Å²) in [6, 6.07) is 16.3. The van der Waals surface area contributed by atoms with Crippen LogP contribution in [-0.4, -0.2) is 20.7 Å². The number of aromatic nitrogens is 3. The number of fused-ring (bicyclic) bond motifs is 2. The van der Waals surface area contributed by atoms with E-state index in [4.69, 9.17) is 0 Å². The molecule has 4 aromatic rings. The Kier molecular flexibility index (Phi) is 3.35. The predicted molar refractivity (Wildman–Crippen MR) is 92.9 cm³/mol. The average Bonchev–Trinajstić information content (AvgIpc) is 3.11. The molecule has 0 radical (unpaired) electrons. The largest absolute Gasteiger partial charge is 0.331 e. The first kappa shape index (κ1) is 14.2. The minimum absolute atomic E-state index is 0.0218. The van der Waals surface area contributed by atoms with Crippen LogP contribution in [0.4, 0.5) is 5.82 Å². The molecule has 0 atom stereocenters. The number of para-hydroxylation sites is 2. The number of amides is 1. The molecule has 4 rings (SSSR count). The fourth-order valence-electron chi connectivity index (χ4n) is 2.91. The van der Waals surface area contributed by atoms with Gasteiger partial charge in [-0.1, -0.05) is 24.3 Å². The van der Waals surface area contributed by atoms with E-state index in [1.165, 1.54) is 0 Å². The van der Waals surface area contributed by atoms with E-state index in [0.29, 0.717) is 16.6 Å². The second-order valence-corrected chi connectivity index (χ2v) is 5.47. The summed E-state index contributed by atoms with van der Waals surface area (Å²) in [5, 5.41) is 10.5. The number of H-pyrrole nitrogens is 1. The van der Waals surface area contributed by atoms with Crippen molar-refractivity contribution >= 4 is 33.5 Å². The van der Waals surface area contributed by atoms with Crippen molar-refractivity contribution in [3.63, 3.8) is 0 Å². The molecule has 2 aromatic carbocycles. The molecule has 6 heteroatoms. The zero-order valence-electron chi connectivity index (χ0n) is 12.7. The van der Waals surface area contributed by atoms with E-state index in [0.717, 1.165) is 11.0 Å². The first-order valence-electron chi connectivity index (χ1n) is 7.53. The van der Waals surface area contributed by atoms with Gasteiger partial charge in [-0.15, -0.1) is 0 Å². The van der Waals surface area contributed by atoms with Gasteiger partial charge in [0.1, 0.15) is 12.4 Å². The average molecular weight is 318 g/mol. The highest BCUT2D eigenvalue weighted by Crippen LogP contribution is 2.19. The number of carbonyl (C=O) groups excluding carboxylic acids is 1. The van der Waals surface area contributed by atoms with Crippen molar-refractivity contribution in [2.75, 3.05) is 5.32 Å². The fraction of sp³-hybridized carbons (Fsp3) is 0.0556. The molecule has 118 valence electrons. The molecule has 24 heavy (non-hydrogen) atoms. The smallest absolute Gasteiger partial charge is 0.245 e. The molecule has 1 amide bonds. The summed E-state index contributed by atoms with van der Waals surface area (Å²) in [5.41, 5.74) is 1.45. The topological polar surface area (TPSA) is 79.8 Å². The molecular weight excluding hydrogens is 304 g/mol. The minimum atomic E-state index is -0.196. The third kappa shape index (κ3) is 2.34. The van der Waals surface area contributed by atoms with Crippen molar-refractivity contribution in [2.24, 2.45) is 0 Å². The van der Waals surface area contributed by atoms with Crippen molar-refractivity contribution < 1.29 is 4.79 Å². The minimum Gasteiger partial charge on any atom is -0.331 e. The van der Waals surface area contributed by atoms with E-state index in [1.807, 2.05) is 41.0 Å². The lowest BCUT2D eigenvalue weighted by Gasteiger charge is -2.14. The Morgan fingerprint density at radius 3 is 2.21 bits per heavy atom. The van der Waals surface area contributed by atoms with E-state index >= 15 is 0 Å². The summed E-state index contributed by atoms with van der Waals surface area (Å²) < 4.78 is 1.86. The quantitative estimate of drug-likeness (QED) is 0.570. The van der Waals surface area contributed by atoms with Gasteiger partial charge < -0.3 is 9.88 Å². The molecule has 2 heterocycles. The van der Waals surface area contributed by atoms with Crippen molar-refractivity contribution in [1.29, 1.82) is 0 Å². The van der Waals surface area contributed by atoms with Crippen LogP contribution in [0, 0.1) is 0 Å². The fourth-order valence-corrected chi connectivity index (χ4v) is 2.91. The predicted octanol–water partition coefficient (Wildman–Crippen LogP) is 2.52. The van der Waals surface area contributed by atoms with Gasteiger partial charge in [0.15, 0.2) is 5.43 Å². The maximum Gasteiger partial charge on any atom is 0.245 e. The Balaban J connectivity index is 1.87. The highest BCUT2D eigenvalue weighted by Gasteiger charge is 2.13. The molecule has 0 bridgehead atoms. The van der Waals surface area contributed by atoms with Gasteiger partial charge in [0, 0.05) is 16.8 Å². The van der Waals surface area contributed by atoms with Crippen molar-refractivity contribution in [3.05, 3.63) is 71.0 Å². The van der Waals surface area contributed by atoms with Crippen LogP contribution in [0.25, 0.3) is 21.8 Å². The lowest BCUT2D eigenvalue weighted by Crippen LogP contribution is -2.21. The summed E-state index contributed by atoms with van der Waals surface area (Å²) in [4.78, 5) is 25.0. The summed E-state index contributed by atoms with van der Waals surface area (Å²) >= 11 is 0. The van der Waals surface area contributed by atoms with Crippen LogP contribution in [0.5, 0.6) is 0 Å². The van der Waals surface area contributed by atoms with Gasteiger partial charge >= 0.3 is 0 Å². The summed E-state index contributed by atoms with van der Waals surface area (Å²) in [6.45, 7) is 0.0975. The number of hydrogen-bond donors (Lipinski definition) is 2. The first-order chi connectivity index (χ1) is 11.7. The van der Waals surface area contributed by atoms with Crippen LogP contribution >= 0.6 is 0 Å². The van der Waals surface area contributed by atoms with Crippen LogP contribution in [0.15, 0.2) is 65.6 Å². The molecule has 0 aliphatic heterocycles. The zero-order valence-corrected chi connectivity index (χ0v) is 12.7. The standard InChI is InChI=1S/C18H14N4O2/c23-17(20-16-9-10-19-21-16)11-22-14-7-3-1-5-12(14)18(24)13-6-2-4-8-15(13)22/h1-10H,11H2,(H2,19,20,21,23). The van der Waals surface area contributed by atoms with Crippen molar-refractivity contribution in [3.8, 4) is 0 Å². The molecule has 0 aliphatic carbocycles. The third-order valence-corrected chi connectivity index (χ3v) is 3.96. The van der Waals surface area contributed by atoms with Crippen molar-refractivity contribution in [1.82, 2.24) is 14.8 Å². The molecule has 6 nitrogen and oxygen atoms in total. The summed E-state index contributed by atoms with van der Waals surface area (Å²) in [7, 11) is 0. The molecule has 0 saturated carbocycles. The van der Waals surface area contributed by atoms with E-state index in [1.54, 1.807) is 24.4 Å². The van der Waals surface area contributed by atoms with E-state index in [-0.39, 0.29) is 17.9 Å². The molecule has 0 unspecified atom stereocenters. The van der Waals surface area contributed by atoms with E-state index in [9.17, 15) is 9.59 Å². The Hall–Kier alpha value is -3.41. The molecule has 2 aromatic heterocycles. The molecule has 0 saturated heterocycles. The second-order valence-electron chi connectivity index (χ2n) is 5.47. The van der Waals surface area contributed by atoms with Gasteiger partial charge in [0.25, 0.3) is 0 Å². The monoisotopic (exact) mass is 318 g/mol. The molecule has 0 spiro atoms. The van der Waals surface area contributed by atoms with Crippen LogP contribution in [0.1, 0.15) is 0 Å². The summed E-state index contributed by atoms with van der Waals surface area (Å²) in [5.74, 6) is 0.341. The molecule has 0 aliphatic rings. The molecule has 2 N–H and O–H groups in total. The number of rotatable bonds is 3. The van der Waals surface area contributed by atoms with Gasteiger partial charge in [0.05, 0.1) is 17.2 Å². The van der Waals surface area contributed by atoms with E-state index in [2.05, 4.69) is 15.5 Å². The molecule has 0 fully saturated rings. The number of benzene rings is 2. The summed E-state index contributed by atoms with van der Waals surface area (Å²) in [6.07, 6.45) is 1.57. The highest BCUT2D eigenvalue weighted by atomic mass is 16.2. The normalized spacial score (nSPS) is 11.0. The van der Waals surface area contributed by atoms with E-state index < -0.39 is 0 Å². The van der Waals surface area contributed by atoms with Crippen LogP contribution in [-0.2, 0) is 11.3 Å². The van der Waals surface area contributed by atoms with Gasteiger partial charge in [-0.2, -0.15) is 5.10 Å². The number of carbonyl (C=O) groups is 1. The number of nitrogens with one attached hydrogen (secondary N) is 2. The lowest BCUT2D eigenvalue weighted by molar-refractivity contribution is -0.116. The second kappa shape index (κ2) is 5.66. The maximum absolute atomic E-state index is 12.7. The van der Waals surface area contributed by atoms with Crippen LogP contribution in [0.3, 0.4) is 0 Å². The van der Waals surface area contributed by atoms with Crippen LogP contribution in [0.2, 0.25) is 0 Å². The number of anilines is 1.